The van der Waals surface area contributed by atoms with Crippen molar-refractivity contribution in [3.63, 3.8) is 0 Å². The second-order valence-electron chi connectivity index (χ2n) is 6.88. The molecule has 0 saturated carbocycles. The molecule has 0 spiro atoms. The van der Waals surface area contributed by atoms with Gasteiger partial charge >= 0.3 is 0 Å². The maximum absolute atomic E-state index is 12.6. The van der Waals surface area contributed by atoms with Gasteiger partial charge in [0.15, 0.2) is 0 Å². The molecule has 2 heterocycles. The first-order valence-corrected chi connectivity index (χ1v) is 9.87. The standard InChI is InChI=1S/C21H21ClN4O3/c22-14-5-3-6-15(11-14)24-20(27)13-26-17-8-2-1-7-16(17)25-19(26)12-23-21(28)18-9-4-10-29-18/h1-3,5-8,11,18H,4,9-10,12-13H2,(H,23,28)(H,24,27). The third kappa shape index (κ3) is 4.58. The summed E-state index contributed by atoms with van der Waals surface area (Å²) in [5, 5.41) is 6.27. The predicted molar refractivity (Wildman–Crippen MR) is 111 cm³/mol. The normalized spacial score (nSPS) is 16.1. The fourth-order valence-electron chi connectivity index (χ4n) is 3.41. The summed E-state index contributed by atoms with van der Waals surface area (Å²) in [5.41, 5.74) is 2.22. The van der Waals surface area contributed by atoms with Crippen molar-refractivity contribution >= 4 is 40.1 Å². The molecule has 1 aromatic heterocycles. The number of hydrogen-bond donors (Lipinski definition) is 2. The number of imidazole rings is 1. The number of hydrogen-bond acceptors (Lipinski definition) is 4. The number of aromatic nitrogens is 2. The lowest BCUT2D eigenvalue weighted by atomic mass is 10.2. The van der Waals surface area contributed by atoms with Crippen molar-refractivity contribution in [2.24, 2.45) is 0 Å². The van der Waals surface area contributed by atoms with Gasteiger partial charge in [0, 0.05) is 17.3 Å². The molecule has 1 saturated heterocycles. The zero-order valence-electron chi connectivity index (χ0n) is 15.7. The largest absolute Gasteiger partial charge is 0.368 e. The predicted octanol–water partition coefficient (Wildman–Crippen LogP) is 3.12. The monoisotopic (exact) mass is 412 g/mol. The average Bonchev–Trinajstić information content (AvgIpc) is 3.35. The molecule has 29 heavy (non-hydrogen) atoms. The summed E-state index contributed by atoms with van der Waals surface area (Å²) < 4.78 is 7.23. The fraction of sp³-hybridized carbons (Fsp3) is 0.286. The van der Waals surface area contributed by atoms with Gasteiger partial charge in [-0.05, 0) is 43.2 Å². The molecule has 8 heteroatoms. The number of rotatable bonds is 6. The van der Waals surface area contributed by atoms with E-state index in [1.165, 1.54) is 0 Å². The average molecular weight is 413 g/mol. The second-order valence-corrected chi connectivity index (χ2v) is 7.32. The molecule has 150 valence electrons. The van der Waals surface area contributed by atoms with E-state index in [1.54, 1.807) is 24.3 Å². The second kappa shape index (κ2) is 8.63. The van der Waals surface area contributed by atoms with Crippen LogP contribution in [0.2, 0.25) is 5.02 Å². The molecule has 2 aromatic carbocycles. The molecule has 0 aliphatic carbocycles. The highest BCUT2D eigenvalue weighted by Crippen LogP contribution is 2.18. The van der Waals surface area contributed by atoms with Gasteiger partial charge in [0.25, 0.3) is 0 Å². The van der Waals surface area contributed by atoms with E-state index in [-0.39, 0.29) is 24.9 Å². The van der Waals surface area contributed by atoms with Gasteiger partial charge in [-0.1, -0.05) is 29.8 Å². The Bertz CT molecular complexity index is 1040. The van der Waals surface area contributed by atoms with Crippen molar-refractivity contribution in [1.82, 2.24) is 14.9 Å². The van der Waals surface area contributed by atoms with Crippen molar-refractivity contribution in [3.05, 3.63) is 59.4 Å². The Labute approximate surface area is 173 Å². The van der Waals surface area contributed by atoms with E-state index >= 15 is 0 Å². The van der Waals surface area contributed by atoms with Crippen LogP contribution in [0.1, 0.15) is 18.7 Å². The van der Waals surface area contributed by atoms with Gasteiger partial charge in [0.1, 0.15) is 18.5 Å². The molecule has 2 amide bonds. The molecule has 3 aromatic rings. The number of anilines is 1. The Morgan fingerprint density at radius 2 is 2.07 bits per heavy atom. The summed E-state index contributed by atoms with van der Waals surface area (Å²) in [7, 11) is 0. The van der Waals surface area contributed by atoms with Gasteiger partial charge in [-0.3, -0.25) is 9.59 Å². The van der Waals surface area contributed by atoms with Gasteiger partial charge in [0.2, 0.25) is 11.8 Å². The topological polar surface area (TPSA) is 85.2 Å². The van der Waals surface area contributed by atoms with E-state index in [4.69, 9.17) is 16.3 Å². The third-order valence-corrected chi connectivity index (χ3v) is 5.02. The van der Waals surface area contributed by atoms with E-state index in [9.17, 15) is 9.59 Å². The maximum Gasteiger partial charge on any atom is 0.249 e. The summed E-state index contributed by atoms with van der Waals surface area (Å²) in [6.45, 7) is 0.899. The number of ether oxygens (including phenoxy) is 1. The minimum Gasteiger partial charge on any atom is -0.368 e. The zero-order valence-corrected chi connectivity index (χ0v) is 16.5. The highest BCUT2D eigenvalue weighted by atomic mass is 35.5. The summed E-state index contributed by atoms with van der Waals surface area (Å²) in [6.07, 6.45) is 1.21. The quantitative estimate of drug-likeness (QED) is 0.651. The van der Waals surface area contributed by atoms with Crippen LogP contribution < -0.4 is 10.6 Å². The lowest BCUT2D eigenvalue weighted by Crippen LogP contribution is -2.34. The molecule has 1 aliphatic heterocycles. The van der Waals surface area contributed by atoms with Crippen molar-refractivity contribution < 1.29 is 14.3 Å². The number of benzene rings is 2. The van der Waals surface area contributed by atoms with Crippen LogP contribution in [0.4, 0.5) is 5.69 Å². The number of halogens is 1. The minimum absolute atomic E-state index is 0.0676. The first-order chi connectivity index (χ1) is 14.1. The van der Waals surface area contributed by atoms with Crippen molar-refractivity contribution in [3.8, 4) is 0 Å². The van der Waals surface area contributed by atoms with Crippen LogP contribution in [-0.4, -0.2) is 34.1 Å². The summed E-state index contributed by atoms with van der Waals surface area (Å²) >= 11 is 5.98. The SMILES string of the molecule is O=C(Cn1c(CNC(=O)C2CCCO2)nc2ccccc21)Nc1cccc(Cl)c1. The molecule has 2 N–H and O–H groups in total. The van der Waals surface area contributed by atoms with Crippen LogP contribution in [0.3, 0.4) is 0 Å². The van der Waals surface area contributed by atoms with Crippen LogP contribution >= 0.6 is 11.6 Å². The molecular weight excluding hydrogens is 392 g/mol. The number of para-hydroxylation sites is 2. The Kier molecular flexibility index (Phi) is 5.78. The summed E-state index contributed by atoms with van der Waals surface area (Å²) in [5.74, 6) is 0.255. The zero-order chi connectivity index (χ0) is 20.2. The van der Waals surface area contributed by atoms with Crippen molar-refractivity contribution in [1.29, 1.82) is 0 Å². The van der Waals surface area contributed by atoms with Crippen LogP contribution in [0.15, 0.2) is 48.5 Å². The molecule has 1 fully saturated rings. The van der Waals surface area contributed by atoms with E-state index in [1.807, 2.05) is 28.8 Å². The lowest BCUT2D eigenvalue weighted by Gasteiger charge is -2.13. The Balaban J connectivity index is 1.51. The molecule has 1 unspecified atom stereocenters. The fourth-order valence-corrected chi connectivity index (χ4v) is 3.60. The molecule has 0 radical (unpaired) electrons. The molecule has 0 bridgehead atoms. The van der Waals surface area contributed by atoms with Crippen molar-refractivity contribution in [2.45, 2.75) is 32.0 Å². The Hall–Kier alpha value is -2.90. The van der Waals surface area contributed by atoms with Crippen LogP contribution in [0.25, 0.3) is 11.0 Å². The molecule has 7 nitrogen and oxygen atoms in total. The molecular formula is C21H21ClN4O3. The van der Waals surface area contributed by atoms with E-state index in [2.05, 4.69) is 15.6 Å². The number of carbonyl (C=O) groups excluding carboxylic acids is 2. The van der Waals surface area contributed by atoms with Crippen LogP contribution in [0, 0.1) is 0 Å². The first kappa shape index (κ1) is 19.4. The first-order valence-electron chi connectivity index (χ1n) is 9.49. The minimum atomic E-state index is -0.404. The number of carbonyl (C=O) groups is 2. The van der Waals surface area contributed by atoms with Gasteiger partial charge in [-0.15, -0.1) is 0 Å². The van der Waals surface area contributed by atoms with E-state index < -0.39 is 6.10 Å². The summed E-state index contributed by atoms with van der Waals surface area (Å²) in [4.78, 5) is 29.5. The van der Waals surface area contributed by atoms with Crippen LogP contribution in [0.5, 0.6) is 0 Å². The Morgan fingerprint density at radius 3 is 2.86 bits per heavy atom. The molecule has 1 aliphatic rings. The molecule has 4 rings (SSSR count). The smallest absolute Gasteiger partial charge is 0.249 e. The van der Waals surface area contributed by atoms with E-state index in [0.29, 0.717) is 23.1 Å². The number of nitrogens with one attached hydrogen (secondary N) is 2. The number of nitrogens with zero attached hydrogens (tertiary/aromatic N) is 2. The van der Waals surface area contributed by atoms with Gasteiger partial charge in [-0.2, -0.15) is 0 Å². The summed E-state index contributed by atoms with van der Waals surface area (Å²) in [6, 6.07) is 14.6. The Morgan fingerprint density at radius 1 is 1.21 bits per heavy atom. The van der Waals surface area contributed by atoms with Gasteiger partial charge in [0.05, 0.1) is 17.6 Å². The number of fused-ring (bicyclic) bond motifs is 1. The van der Waals surface area contributed by atoms with E-state index in [0.717, 1.165) is 23.9 Å². The van der Waals surface area contributed by atoms with Crippen molar-refractivity contribution in [2.75, 3.05) is 11.9 Å². The van der Waals surface area contributed by atoms with Crippen LogP contribution in [-0.2, 0) is 27.4 Å². The maximum atomic E-state index is 12.6. The third-order valence-electron chi connectivity index (χ3n) is 4.79. The highest BCUT2D eigenvalue weighted by Gasteiger charge is 2.24. The molecule has 1 atom stereocenters. The van der Waals surface area contributed by atoms with Gasteiger partial charge in [-0.25, -0.2) is 4.98 Å². The van der Waals surface area contributed by atoms with Gasteiger partial charge < -0.3 is 19.9 Å². The lowest BCUT2D eigenvalue weighted by molar-refractivity contribution is -0.130. The highest BCUT2D eigenvalue weighted by molar-refractivity contribution is 6.30. The number of amides is 2.